The second-order valence-corrected chi connectivity index (χ2v) is 6.63. The Morgan fingerprint density at radius 1 is 1.33 bits per heavy atom. The van der Waals surface area contributed by atoms with Gasteiger partial charge < -0.3 is 14.4 Å². The summed E-state index contributed by atoms with van der Waals surface area (Å²) in [7, 11) is 0. The minimum atomic E-state index is -0.439. The first-order valence-corrected chi connectivity index (χ1v) is 6.80. The standard InChI is InChI=1S/C14H23NO3/c1-13(2,3)18-12(17)15-7-4-5-14(6-8-15)9-11(14)10-16/h10-11H,4-9H2,1-3H3. The smallest absolute Gasteiger partial charge is 0.410 e. The van der Waals surface area contributed by atoms with E-state index >= 15 is 0 Å². The molecule has 4 heteroatoms. The van der Waals surface area contributed by atoms with Gasteiger partial charge in [-0.3, -0.25) is 0 Å². The highest BCUT2D eigenvalue weighted by atomic mass is 16.6. The van der Waals surface area contributed by atoms with Gasteiger partial charge >= 0.3 is 6.09 Å². The molecule has 1 aliphatic heterocycles. The molecule has 2 aliphatic rings. The highest BCUT2D eigenvalue weighted by Crippen LogP contribution is 2.58. The van der Waals surface area contributed by atoms with Crippen LogP contribution >= 0.6 is 0 Å². The van der Waals surface area contributed by atoms with Crippen LogP contribution in [0.4, 0.5) is 4.79 Å². The molecule has 0 aromatic rings. The van der Waals surface area contributed by atoms with Crippen LogP contribution in [-0.4, -0.2) is 36.0 Å². The molecule has 1 saturated carbocycles. The van der Waals surface area contributed by atoms with E-state index in [4.69, 9.17) is 4.74 Å². The molecular formula is C14H23NO3. The number of aldehydes is 1. The van der Waals surface area contributed by atoms with Gasteiger partial charge in [0.1, 0.15) is 11.9 Å². The number of hydrogen-bond acceptors (Lipinski definition) is 3. The zero-order valence-corrected chi connectivity index (χ0v) is 11.6. The molecule has 0 bridgehead atoms. The molecule has 0 radical (unpaired) electrons. The SMILES string of the molecule is CC(C)(C)OC(=O)N1CCCC2(CC1)CC2C=O. The second kappa shape index (κ2) is 4.56. The molecule has 1 heterocycles. The van der Waals surface area contributed by atoms with Gasteiger partial charge in [0.05, 0.1) is 0 Å². The van der Waals surface area contributed by atoms with Crippen molar-refractivity contribution < 1.29 is 14.3 Å². The van der Waals surface area contributed by atoms with Crippen LogP contribution in [0.2, 0.25) is 0 Å². The molecule has 1 aliphatic carbocycles. The highest BCUT2D eigenvalue weighted by molar-refractivity contribution is 5.68. The van der Waals surface area contributed by atoms with Crippen molar-refractivity contribution in [2.75, 3.05) is 13.1 Å². The van der Waals surface area contributed by atoms with Crippen LogP contribution in [0, 0.1) is 11.3 Å². The normalized spacial score (nSPS) is 31.9. The van der Waals surface area contributed by atoms with Crippen molar-refractivity contribution in [2.45, 2.75) is 52.1 Å². The average molecular weight is 253 g/mol. The number of rotatable bonds is 1. The zero-order chi connectivity index (χ0) is 13.4. The lowest BCUT2D eigenvalue weighted by Crippen LogP contribution is -2.37. The first-order chi connectivity index (χ1) is 8.36. The summed E-state index contributed by atoms with van der Waals surface area (Å²) < 4.78 is 5.39. The fourth-order valence-corrected chi connectivity index (χ4v) is 2.87. The van der Waals surface area contributed by atoms with Crippen LogP contribution in [0.5, 0.6) is 0 Å². The summed E-state index contributed by atoms with van der Waals surface area (Å²) in [4.78, 5) is 24.6. The lowest BCUT2D eigenvalue weighted by atomic mass is 9.95. The molecule has 1 spiro atoms. The van der Waals surface area contributed by atoms with Gasteiger partial charge in [0, 0.05) is 19.0 Å². The zero-order valence-electron chi connectivity index (χ0n) is 11.6. The number of nitrogens with zero attached hydrogens (tertiary/aromatic N) is 1. The molecule has 2 unspecified atom stereocenters. The van der Waals surface area contributed by atoms with Crippen LogP contribution in [0.3, 0.4) is 0 Å². The Bertz CT molecular complexity index is 347. The average Bonchev–Trinajstić information content (AvgIpc) is 2.99. The van der Waals surface area contributed by atoms with Gasteiger partial charge in [0.2, 0.25) is 0 Å². The lowest BCUT2D eigenvalue weighted by Gasteiger charge is -2.26. The molecule has 2 rings (SSSR count). The number of carbonyl (C=O) groups is 2. The van der Waals surface area contributed by atoms with E-state index in [2.05, 4.69) is 0 Å². The van der Waals surface area contributed by atoms with E-state index in [1.54, 1.807) is 4.90 Å². The maximum absolute atomic E-state index is 12.0. The van der Waals surface area contributed by atoms with Crippen molar-refractivity contribution >= 4 is 12.4 Å². The number of hydrogen-bond donors (Lipinski definition) is 0. The Balaban J connectivity index is 1.90. The monoisotopic (exact) mass is 253 g/mol. The van der Waals surface area contributed by atoms with Gasteiger partial charge in [0.25, 0.3) is 0 Å². The van der Waals surface area contributed by atoms with E-state index in [0.29, 0.717) is 0 Å². The predicted octanol–water partition coefficient (Wildman–Crippen LogP) is 2.61. The molecule has 0 aromatic carbocycles. The first-order valence-electron chi connectivity index (χ1n) is 6.80. The Morgan fingerprint density at radius 2 is 2.06 bits per heavy atom. The van der Waals surface area contributed by atoms with E-state index < -0.39 is 5.60 Å². The van der Waals surface area contributed by atoms with Gasteiger partial charge in [-0.15, -0.1) is 0 Å². The Morgan fingerprint density at radius 3 is 2.61 bits per heavy atom. The van der Waals surface area contributed by atoms with Gasteiger partial charge in [-0.2, -0.15) is 0 Å². The summed E-state index contributed by atoms with van der Waals surface area (Å²) in [5.41, 5.74) is -0.232. The molecule has 1 saturated heterocycles. The van der Waals surface area contributed by atoms with Gasteiger partial charge in [-0.05, 0) is 51.9 Å². The van der Waals surface area contributed by atoms with Crippen LogP contribution in [0.1, 0.15) is 46.5 Å². The Hall–Kier alpha value is -1.06. The van der Waals surface area contributed by atoms with Gasteiger partial charge in [0.15, 0.2) is 0 Å². The maximum atomic E-state index is 12.0. The van der Waals surface area contributed by atoms with Gasteiger partial charge in [-0.1, -0.05) is 0 Å². The van der Waals surface area contributed by atoms with Crippen molar-refractivity contribution in [3.63, 3.8) is 0 Å². The lowest BCUT2D eigenvalue weighted by molar-refractivity contribution is -0.109. The van der Waals surface area contributed by atoms with E-state index in [1.807, 2.05) is 20.8 Å². The molecule has 102 valence electrons. The maximum Gasteiger partial charge on any atom is 0.410 e. The van der Waals surface area contributed by atoms with Crippen molar-refractivity contribution in [1.29, 1.82) is 0 Å². The van der Waals surface area contributed by atoms with E-state index in [0.717, 1.165) is 45.1 Å². The molecular weight excluding hydrogens is 230 g/mol. The molecule has 18 heavy (non-hydrogen) atoms. The summed E-state index contributed by atoms with van der Waals surface area (Å²) in [5, 5.41) is 0. The number of carbonyl (C=O) groups excluding carboxylic acids is 2. The van der Waals surface area contributed by atoms with E-state index in [1.165, 1.54) is 0 Å². The summed E-state index contributed by atoms with van der Waals surface area (Å²) in [5.74, 6) is 0.232. The Kier molecular flexibility index (Phi) is 3.39. The molecule has 1 amide bonds. The number of likely N-dealkylation sites (tertiary alicyclic amines) is 1. The predicted molar refractivity (Wildman–Crippen MR) is 68.3 cm³/mol. The fourth-order valence-electron chi connectivity index (χ4n) is 2.87. The third kappa shape index (κ3) is 2.85. The fraction of sp³-hybridized carbons (Fsp3) is 0.857. The largest absolute Gasteiger partial charge is 0.444 e. The van der Waals surface area contributed by atoms with Crippen molar-refractivity contribution in [1.82, 2.24) is 4.90 Å². The van der Waals surface area contributed by atoms with Gasteiger partial charge in [-0.25, -0.2) is 4.79 Å². The van der Waals surface area contributed by atoms with Crippen molar-refractivity contribution in [3.8, 4) is 0 Å². The quantitative estimate of drug-likeness (QED) is 0.675. The summed E-state index contributed by atoms with van der Waals surface area (Å²) in [6.45, 7) is 7.12. The van der Waals surface area contributed by atoms with Crippen LogP contribution < -0.4 is 0 Å². The van der Waals surface area contributed by atoms with Crippen LogP contribution in [0.25, 0.3) is 0 Å². The molecule has 2 fully saturated rings. The van der Waals surface area contributed by atoms with E-state index in [-0.39, 0.29) is 17.4 Å². The van der Waals surface area contributed by atoms with Crippen LogP contribution in [-0.2, 0) is 9.53 Å². The number of amides is 1. The molecule has 2 atom stereocenters. The molecule has 4 nitrogen and oxygen atoms in total. The highest BCUT2D eigenvalue weighted by Gasteiger charge is 2.53. The Labute approximate surface area is 109 Å². The van der Waals surface area contributed by atoms with Crippen molar-refractivity contribution in [2.24, 2.45) is 11.3 Å². The minimum Gasteiger partial charge on any atom is -0.444 e. The number of ether oxygens (including phenoxy) is 1. The summed E-state index contributed by atoms with van der Waals surface area (Å²) in [6.07, 6.45) is 4.86. The first kappa shape index (κ1) is 13.4. The molecule has 0 N–H and O–H groups in total. The topological polar surface area (TPSA) is 46.6 Å². The van der Waals surface area contributed by atoms with Crippen molar-refractivity contribution in [3.05, 3.63) is 0 Å². The molecule has 0 aromatic heterocycles. The second-order valence-electron chi connectivity index (χ2n) is 6.63. The van der Waals surface area contributed by atoms with Crippen LogP contribution in [0.15, 0.2) is 0 Å². The summed E-state index contributed by atoms with van der Waals surface area (Å²) >= 11 is 0. The third-order valence-electron chi connectivity index (χ3n) is 4.05. The van der Waals surface area contributed by atoms with E-state index in [9.17, 15) is 9.59 Å². The minimum absolute atomic E-state index is 0.207. The summed E-state index contributed by atoms with van der Waals surface area (Å²) in [6, 6.07) is 0. The third-order valence-corrected chi connectivity index (χ3v) is 4.05.